The number of nitrogens with one attached hydrogen (secondary N) is 1. The largest absolute Gasteiger partial charge is 0.346 e. The molecule has 28 heavy (non-hydrogen) atoms. The maximum atomic E-state index is 12.6. The lowest BCUT2D eigenvalue weighted by Crippen LogP contribution is -2.31. The fourth-order valence-corrected chi connectivity index (χ4v) is 3.81. The number of hydrogen-bond acceptors (Lipinski definition) is 5. The van der Waals surface area contributed by atoms with E-state index >= 15 is 0 Å². The first-order chi connectivity index (χ1) is 13.5. The maximum absolute atomic E-state index is 12.6. The molecule has 1 aromatic heterocycles. The van der Waals surface area contributed by atoms with Crippen LogP contribution < -0.4 is 5.32 Å². The summed E-state index contributed by atoms with van der Waals surface area (Å²) >= 11 is 1.52. The zero-order valence-electron chi connectivity index (χ0n) is 15.5. The van der Waals surface area contributed by atoms with Crippen molar-refractivity contribution < 1.29 is 9.72 Å². The monoisotopic (exact) mass is 395 g/mol. The van der Waals surface area contributed by atoms with Crippen LogP contribution in [0.25, 0.3) is 0 Å². The van der Waals surface area contributed by atoms with Gasteiger partial charge in [-0.05, 0) is 24.0 Å². The number of nitrogens with zero attached hydrogens (tertiary/aromatic N) is 2. The van der Waals surface area contributed by atoms with E-state index in [9.17, 15) is 14.9 Å². The first kappa shape index (κ1) is 19.7. The Morgan fingerprint density at radius 2 is 1.86 bits per heavy atom. The number of nitro benzene ring substituents is 1. The van der Waals surface area contributed by atoms with Gasteiger partial charge in [-0.3, -0.25) is 14.9 Å². The van der Waals surface area contributed by atoms with Gasteiger partial charge in [-0.25, -0.2) is 4.98 Å². The van der Waals surface area contributed by atoms with Crippen molar-refractivity contribution in [1.82, 2.24) is 10.3 Å². The highest BCUT2D eigenvalue weighted by atomic mass is 32.1. The van der Waals surface area contributed by atoms with Gasteiger partial charge in [0.15, 0.2) is 0 Å². The molecule has 0 fully saturated rings. The average Bonchev–Trinajstić information content (AvgIpc) is 3.18. The van der Waals surface area contributed by atoms with Crippen LogP contribution in [0.2, 0.25) is 0 Å². The topological polar surface area (TPSA) is 85.1 Å². The minimum absolute atomic E-state index is 0.0518. The van der Waals surface area contributed by atoms with Crippen LogP contribution in [0, 0.1) is 10.1 Å². The van der Waals surface area contributed by atoms with E-state index in [2.05, 4.69) is 10.3 Å². The van der Waals surface area contributed by atoms with E-state index in [1.165, 1.54) is 23.5 Å². The van der Waals surface area contributed by atoms with Crippen molar-refractivity contribution in [1.29, 1.82) is 0 Å². The molecule has 144 valence electrons. The quantitative estimate of drug-likeness (QED) is 0.456. The number of benzene rings is 2. The summed E-state index contributed by atoms with van der Waals surface area (Å²) in [7, 11) is 0. The summed E-state index contributed by atoms with van der Waals surface area (Å²) < 4.78 is 0. The lowest BCUT2D eigenvalue weighted by atomic mass is 10.0. The van der Waals surface area contributed by atoms with Crippen LogP contribution in [0.4, 0.5) is 5.69 Å². The van der Waals surface area contributed by atoms with Crippen LogP contribution in [-0.4, -0.2) is 15.8 Å². The molecule has 0 saturated carbocycles. The number of aromatic nitrogens is 1. The molecule has 6 nitrogen and oxygen atoms in total. The van der Waals surface area contributed by atoms with Crippen LogP contribution in [0.1, 0.15) is 34.8 Å². The fourth-order valence-electron chi connectivity index (χ4n) is 2.86. The molecule has 0 aliphatic rings. The molecular weight excluding hydrogens is 374 g/mol. The molecule has 1 atom stereocenters. The molecule has 7 heteroatoms. The van der Waals surface area contributed by atoms with Gasteiger partial charge in [-0.15, -0.1) is 11.3 Å². The Bertz CT molecular complexity index is 939. The normalized spacial score (nSPS) is 11.8. The molecule has 1 N–H and O–H groups in total. The van der Waals surface area contributed by atoms with Crippen molar-refractivity contribution in [3.8, 4) is 0 Å². The van der Waals surface area contributed by atoms with Gasteiger partial charge in [0, 0.05) is 17.5 Å². The lowest BCUT2D eigenvalue weighted by molar-refractivity contribution is -0.384. The maximum Gasteiger partial charge on any atom is 0.269 e. The second kappa shape index (κ2) is 9.23. The minimum atomic E-state index is -0.419. The van der Waals surface area contributed by atoms with Gasteiger partial charge in [0.25, 0.3) is 5.69 Å². The highest BCUT2D eigenvalue weighted by Gasteiger charge is 2.19. The second-order valence-corrected chi connectivity index (χ2v) is 7.33. The fraction of sp³-hybridized carbons (Fsp3) is 0.238. The average molecular weight is 395 g/mol. The SMILES string of the molecule is CCc1csc([C@H](Cc2ccc([N+](=O)[O-])cc2)NC(=O)Cc2ccccc2)n1. The van der Waals surface area contributed by atoms with Crippen LogP contribution in [0.15, 0.2) is 60.0 Å². The minimum Gasteiger partial charge on any atom is -0.346 e. The molecule has 0 radical (unpaired) electrons. The smallest absolute Gasteiger partial charge is 0.269 e. The summed E-state index contributed by atoms with van der Waals surface area (Å²) in [4.78, 5) is 27.6. The summed E-state index contributed by atoms with van der Waals surface area (Å²) in [6.07, 6.45) is 1.65. The lowest BCUT2D eigenvalue weighted by Gasteiger charge is -2.17. The van der Waals surface area contributed by atoms with Crippen molar-refractivity contribution in [3.63, 3.8) is 0 Å². The zero-order chi connectivity index (χ0) is 19.9. The Morgan fingerprint density at radius 1 is 1.14 bits per heavy atom. The van der Waals surface area contributed by atoms with Gasteiger partial charge in [0.1, 0.15) is 5.01 Å². The van der Waals surface area contributed by atoms with Crippen LogP contribution in [-0.2, 0) is 24.1 Å². The zero-order valence-corrected chi connectivity index (χ0v) is 16.3. The molecule has 3 aromatic rings. The van der Waals surface area contributed by atoms with Crippen molar-refractivity contribution >= 4 is 22.9 Å². The Kier molecular flexibility index (Phi) is 6.49. The van der Waals surface area contributed by atoms with Gasteiger partial charge < -0.3 is 5.32 Å². The highest BCUT2D eigenvalue weighted by molar-refractivity contribution is 7.09. The first-order valence-electron chi connectivity index (χ1n) is 9.06. The number of carbonyl (C=O) groups excluding carboxylic acids is 1. The third-order valence-electron chi connectivity index (χ3n) is 4.36. The highest BCUT2D eigenvalue weighted by Crippen LogP contribution is 2.24. The summed E-state index contributed by atoms with van der Waals surface area (Å²) in [5.41, 5.74) is 2.90. The summed E-state index contributed by atoms with van der Waals surface area (Å²) in [5.74, 6) is -0.0774. The van der Waals surface area contributed by atoms with Gasteiger partial charge in [-0.2, -0.15) is 0 Å². The number of aryl methyl sites for hydroxylation is 1. The molecule has 0 saturated heterocycles. The summed E-state index contributed by atoms with van der Waals surface area (Å²) in [6, 6.07) is 15.7. The third-order valence-corrected chi connectivity index (χ3v) is 5.37. The van der Waals surface area contributed by atoms with Crippen molar-refractivity contribution in [2.75, 3.05) is 0 Å². The van der Waals surface area contributed by atoms with Crippen LogP contribution >= 0.6 is 11.3 Å². The van der Waals surface area contributed by atoms with Gasteiger partial charge in [-0.1, -0.05) is 49.4 Å². The molecular formula is C21H21N3O3S. The molecule has 0 unspecified atom stereocenters. The Labute approximate surface area is 167 Å². The summed E-state index contributed by atoms with van der Waals surface area (Å²) in [5, 5.41) is 16.8. The van der Waals surface area contributed by atoms with E-state index in [-0.39, 0.29) is 17.6 Å². The van der Waals surface area contributed by atoms with E-state index < -0.39 is 4.92 Å². The first-order valence-corrected chi connectivity index (χ1v) is 9.94. The van der Waals surface area contributed by atoms with E-state index in [1.807, 2.05) is 42.6 Å². The van der Waals surface area contributed by atoms with Crippen LogP contribution in [0.3, 0.4) is 0 Å². The number of non-ortho nitro benzene ring substituents is 1. The van der Waals surface area contributed by atoms with Gasteiger partial charge >= 0.3 is 0 Å². The number of amides is 1. The van der Waals surface area contributed by atoms with Crippen molar-refractivity contribution in [3.05, 3.63) is 91.9 Å². The molecule has 0 bridgehead atoms. The van der Waals surface area contributed by atoms with Gasteiger partial charge in [0.2, 0.25) is 5.91 Å². The molecule has 1 amide bonds. The third kappa shape index (κ3) is 5.23. The molecule has 0 aliphatic heterocycles. The molecule has 0 spiro atoms. The molecule has 2 aromatic carbocycles. The number of hydrogen-bond donors (Lipinski definition) is 1. The van der Waals surface area contributed by atoms with Crippen LogP contribution in [0.5, 0.6) is 0 Å². The van der Waals surface area contributed by atoms with Gasteiger partial charge in [0.05, 0.1) is 23.1 Å². The van der Waals surface area contributed by atoms with Crippen molar-refractivity contribution in [2.45, 2.75) is 32.2 Å². The predicted octanol–water partition coefficient (Wildman–Crippen LogP) is 4.26. The predicted molar refractivity (Wildman–Crippen MR) is 109 cm³/mol. The van der Waals surface area contributed by atoms with E-state index in [4.69, 9.17) is 0 Å². The van der Waals surface area contributed by atoms with E-state index in [0.717, 1.165) is 28.2 Å². The molecule has 3 rings (SSSR count). The number of thiazole rings is 1. The summed E-state index contributed by atoms with van der Waals surface area (Å²) in [6.45, 7) is 2.04. The standard InChI is InChI=1S/C21H21N3O3S/c1-2-17-14-28-21(22-17)19(12-16-8-10-18(11-9-16)24(26)27)23-20(25)13-15-6-4-3-5-7-15/h3-11,14,19H,2,12-13H2,1H3,(H,23,25)/t19-/m0/s1. The second-order valence-electron chi connectivity index (χ2n) is 6.44. The van der Waals surface area contributed by atoms with Crippen molar-refractivity contribution in [2.24, 2.45) is 0 Å². The Balaban J connectivity index is 1.76. The molecule has 0 aliphatic carbocycles. The molecule has 1 heterocycles. The number of rotatable bonds is 8. The van der Waals surface area contributed by atoms with E-state index in [0.29, 0.717) is 12.8 Å². The number of nitro groups is 1. The van der Waals surface area contributed by atoms with E-state index in [1.54, 1.807) is 12.1 Å². The Hall–Kier alpha value is -3.06. The Morgan fingerprint density at radius 3 is 2.46 bits per heavy atom. The number of carbonyl (C=O) groups is 1.